The molecule has 0 amide bonds. The molecule has 0 aromatic heterocycles. The van der Waals surface area contributed by atoms with Gasteiger partial charge in [0.1, 0.15) is 0 Å². The molecule has 0 nitrogen and oxygen atoms in total. The average Bonchev–Trinajstić information content (AvgIpc) is 3.07. The maximum atomic E-state index is 2.49. The Morgan fingerprint density at radius 3 is 0.475 bits per heavy atom. The van der Waals surface area contributed by atoms with E-state index in [1.807, 2.05) is 0 Å². The molecule has 0 heterocycles. The molecule has 0 unspecified atom stereocenters. The van der Waals surface area contributed by atoms with Crippen LogP contribution in [0.1, 0.15) is 0 Å². The van der Waals surface area contributed by atoms with Gasteiger partial charge in [0.05, 0.1) is 0 Å². The van der Waals surface area contributed by atoms with Gasteiger partial charge in [-0.15, -0.1) is 0 Å². The third-order valence-corrected chi connectivity index (χ3v) is 26.8. The van der Waals surface area contributed by atoms with Gasteiger partial charge in [-0.2, -0.15) is 0 Å². The predicted octanol–water partition coefficient (Wildman–Crippen LogP) is 5.57. The summed E-state index contributed by atoms with van der Waals surface area (Å²) in [5.41, 5.74) is 0. The van der Waals surface area contributed by atoms with Crippen LogP contribution >= 0.6 is 0 Å². The van der Waals surface area contributed by atoms with E-state index in [2.05, 4.69) is 194 Å². The number of benzene rings is 6. The van der Waals surface area contributed by atoms with Crippen molar-refractivity contribution >= 4 is 52.9 Å². The van der Waals surface area contributed by atoms with Gasteiger partial charge in [-0.1, -0.05) is 0 Å². The minimum absolute atomic E-state index is 1.50. The summed E-state index contributed by atoms with van der Waals surface area (Å²) < 4.78 is 9.03. The van der Waals surface area contributed by atoms with Gasteiger partial charge in [0.2, 0.25) is 0 Å². The molecule has 196 valence electrons. The summed E-state index contributed by atoms with van der Waals surface area (Å²) in [6.07, 6.45) is 0. The van der Waals surface area contributed by atoms with Gasteiger partial charge < -0.3 is 0 Å². The van der Waals surface area contributed by atoms with E-state index in [0.717, 1.165) is 0 Å². The van der Waals surface area contributed by atoms with Crippen LogP contribution in [0.5, 0.6) is 0 Å². The first-order chi connectivity index (χ1) is 19.6. The van der Waals surface area contributed by atoms with E-state index in [9.17, 15) is 0 Å². The van der Waals surface area contributed by atoms with Crippen LogP contribution in [0.3, 0.4) is 0 Å². The topological polar surface area (TPSA) is 0 Å². The fourth-order valence-electron chi connectivity index (χ4n) is 5.63. The maximum absolute atomic E-state index is 2.49. The van der Waals surface area contributed by atoms with E-state index in [4.69, 9.17) is 0 Å². The number of rotatable bonds is 6. The van der Waals surface area contributed by atoms with Crippen LogP contribution in [0.2, 0.25) is 11.5 Å². The van der Waals surface area contributed by atoms with Crippen molar-refractivity contribution in [1.29, 1.82) is 0 Å². The Kier molecular flexibility index (Phi) is 9.21. The standard InChI is InChI=1S/2C19H18Ge/c2*1-20(17-11-5-2-6-12-17,18-13-7-3-8-14-18)19-15-9-4-10-16-19/h2*2-16H,1H3. The molecule has 0 N–H and O–H groups in total. The number of hydrogen-bond acceptors (Lipinski definition) is 0. The van der Waals surface area contributed by atoms with E-state index in [-0.39, 0.29) is 0 Å². The van der Waals surface area contributed by atoms with Crippen molar-refractivity contribution in [3.63, 3.8) is 0 Å². The van der Waals surface area contributed by atoms with Crippen molar-refractivity contribution in [2.75, 3.05) is 0 Å². The first kappa shape index (κ1) is 28.0. The Hall–Kier alpha value is -3.59. The molecule has 0 saturated heterocycles. The van der Waals surface area contributed by atoms with Crippen LogP contribution in [0.4, 0.5) is 0 Å². The summed E-state index contributed by atoms with van der Waals surface area (Å²) >= 11 is -4.98. The summed E-state index contributed by atoms with van der Waals surface area (Å²) in [6, 6.07) is 66.0. The molecule has 0 saturated carbocycles. The molecule has 0 spiro atoms. The molecule has 40 heavy (non-hydrogen) atoms. The SMILES string of the molecule is [CH3][Ge]([c]1ccccc1)([c]1ccccc1)[c]1ccccc1.[CH3][Ge]([c]1ccccc1)([c]1ccccc1)[c]1ccccc1. The third kappa shape index (κ3) is 5.94. The summed E-state index contributed by atoms with van der Waals surface area (Å²) in [5.74, 6) is 4.97. The van der Waals surface area contributed by atoms with Crippen LogP contribution in [0.15, 0.2) is 182 Å². The van der Waals surface area contributed by atoms with Gasteiger partial charge in [0, 0.05) is 0 Å². The first-order valence-electron chi connectivity index (χ1n) is 14.0. The molecule has 0 aliphatic heterocycles. The fourth-order valence-corrected chi connectivity index (χ4v) is 20.6. The molecule has 0 aliphatic carbocycles. The van der Waals surface area contributed by atoms with Crippen molar-refractivity contribution in [3.8, 4) is 0 Å². The molecule has 0 radical (unpaired) electrons. The van der Waals surface area contributed by atoms with Crippen molar-refractivity contribution in [2.24, 2.45) is 0 Å². The normalized spacial score (nSPS) is 11.2. The molecule has 0 aliphatic rings. The molecular formula is C38H36Ge2. The van der Waals surface area contributed by atoms with Crippen LogP contribution < -0.4 is 26.4 Å². The van der Waals surface area contributed by atoms with E-state index < -0.39 is 26.5 Å². The van der Waals surface area contributed by atoms with Crippen molar-refractivity contribution < 1.29 is 0 Å². The zero-order chi connectivity index (χ0) is 27.7. The van der Waals surface area contributed by atoms with Gasteiger partial charge in [0.25, 0.3) is 0 Å². The number of hydrogen-bond donors (Lipinski definition) is 0. The van der Waals surface area contributed by atoms with Crippen molar-refractivity contribution in [1.82, 2.24) is 0 Å². The molecule has 6 aromatic carbocycles. The van der Waals surface area contributed by atoms with E-state index >= 15 is 0 Å². The zero-order valence-corrected chi connectivity index (χ0v) is 27.5. The average molecular weight is 638 g/mol. The zero-order valence-electron chi connectivity index (χ0n) is 23.3. The fraction of sp³-hybridized carbons (Fsp3) is 0.0526. The molecule has 0 fully saturated rings. The van der Waals surface area contributed by atoms with Crippen molar-refractivity contribution in [3.05, 3.63) is 182 Å². The predicted molar refractivity (Wildman–Crippen MR) is 180 cm³/mol. The Bertz CT molecular complexity index is 1250. The molecule has 6 rings (SSSR count). The van der Waals surface area contributed by atoms with Gasteiger partial charge in [-0.05, 0) is 0 Å². The van der Waals surface area contributed by atoms with Crippen LogP contribution in [0, 0.1) is 0 Å². The van der Waals surface area contributed by atoms with Gasteiger partial charge >= 0.3 is 246 Å². The third-order valence-electron chi connectivity index (χ3n) is 8.11. The van der Waals surface area contributed by atoms with Crippen LogP contribution in [-0.4, -0.2) is 26.5 Å². The Balaban J connectivity index is 0.000000161. The molecule has 2 heteroatoms. The summed E-state index contributed by atoms with van der Waals surface area (Å²) in [5, 5.41) is 0. The second kappa shape index (κ2) is 13.2. The van der Waals surface area contributed by atoms with E-state index in [1.54, 1.807) is 0 Å². The van der Waals surface area contributed by atoms with Crippen molar-refractivity contribution in [2.45, 2.75) is 11.5 Å². The molecule has 0 bridgehead atoms. The van der Waals surface area contributed by atoms with Crippen LogP contribution in [0.25, 0.3) is 0 Å². The second-order valence-corrected chi connectivity index (χ2v) is 27.2. The van der Waals surface area contributed by atoms with E-state index in [0.29, 0.717) is 0 Å². The quantitative estimate of drug-likeness (QED) is 0.210. The summed E-state index contributed by atoms with van der Waals surface area (Å²) in [7, 11) is 0. The minimum atomic E-state index is -2.49. The monoisotopic (exact) mass is 640 g/mol. The second-order valence-electron chi connectivity index (χ2n) is 10.4. The van der Waals surface area contributed by atoms with Crippen LogP contribution in [-0.2, 0) is 0 Å². The summed E-state index contributed by atoms with van der Waals surface area (Å²) in [4.78, 5) is 0. The van der Waals surface area contributed by atoms with E-state index in [1.165, 1.54) is 26.4 Å². The molecule has 6 aromatic rings. The summed E-state index contributed by atoms with van der Waals surface area (Å²) in [6.45, 7) is 0. The first-order valence-corrected chi connectivity index (χ1v) is 24.5. The Morgan fingerprint density at radius 2 is 0.350 bits per heavy atom. The van der Waals surface area contributed by atoms with Gasteiger partial charge in [-0.3, -0.25) is 0 Å². The Labute approximate surface area is 245 Å². The van der Waals surface area contributed by atoms with Gasteiger partial charge in [-0.25, -0.2) is 0 Å². The molecular weight excluding hydrogens is 602 g/mol. The van der Waals surface area contributed by atoms with Gasteiger partial charge in [0.15, 0.2) is 0 Å². The molecule has 0 atom stereocenters. The Morgan fingerprint density at radius 1 is 0.225 bits per heavy atom.